The van der Waals surface area contributed by atoms with Crippen LogP contribution in [0.5, 0.6) is 0 Å². The van der Waals surface area contributed by atoms with Crippen LogP contribution >= 0.6 is 27.5 Å². The van der Waals surface area contributed by atoms with E-state index >= 15 is 0 Å². The fourth-order valence-electron chi connectivity index (χ4n) is 1.56. The Morgan fingerprint density at radius 2 is 2.24 bits per heavy atom. The van der Waals surface area contributed by atoms with Gasteiger partial charge in [-0.2, -0.15) is 0 Å². The number of hydrogen-bond acceptors (Lipinski definition) is 2. The van der Waals surface area contributed by atoms with Crippen molar-refractivity contribution in [3.8, 4) is 0 Å². The van der Waals surface area contributed by atoms with E-state index in [1.54, 1.807) is 0 Å². The second-order valence-electron chi connectivity index (χ2n) is 3.74. The summed E-state index contributed by atoms with van der Waals surface area (Å²) in [6.07, 6.45) is 1.94. The molecule has 0 heterocycles. The van der Waals surface area contributed by atoms with Crippen LogP contribution in [0.15, 0.2) is 16.6 Å². The van der Waals surface area contributed by atoms with E-state index in [-0.39, 0.29) is 15.5 Å². The van der Waals surface area contributed by atoms with Gasteiger partial charge in [-0.1, -0.05) is 13.3 Å². The van der Waals surface area contributed by atoms with Gasteiger partial charge in [-0.05, 0) is 34.8 Å². The standard InChI is InChI=1S/C11H12BrClFNO2/c1-2-3-8(13)4-7-5-10(14)9(12)6-11(7)15(16)17/h5-6,8H,2-4H2,1H3. The summed E-state index contributed by atoms with van der Waals surface area (Å²) in [6.45, 7) is 1.98. The Morgan fingerprint density at radius 1 is 1.59 bits per heavy atom. The maximum Gasteiger partial charge on any atom is 0.273 e. The zero-order valence-electron chi connectivity index (χ0n) is 9.25. The van der Waals surface area contributed by atoms with Crippen molar-refractivity contribution in [2.45, 2.75) is 31.6 Å². The van der Waals surface area contributed by atoms with Crippen molar-refractivity contribution in [3.05, 3.63) is 38.1 Å². The lowest BCUT2D eigenvalue weighted by Crippen LogP contribution is -2.06. The summed E-state index contributed by atoms with van der Waals surface area (Å²) in [6, 6.07) is 2.35. The maximum absolute atomic E-state index is 13.3. The number of halogens is 3. The molecule has 1 atom stereocenters. The fourth-order valence-corrected chi connectivity index (χ4v) is 2.28. The first-order valence-corrected chi connectivity index (χ1v) is 6.45. The van der Waals surface area contributed by atoms with Gasteiger partial charge in [-0.15, -0.1) is 11.6 Å². The molecule has 0 amide bonds. The molecule has 1 rings (SSSR count). The van der Waals surface area contributed by atoms with E-state index in [0.717, 1.165) is 12.8 Å². The third-order valence-electron chi connectivity index (χ3n) is 2.36. The summed E-state index contributed by atoms with van der Waals surface area (Å²) in [7, 11) is 0. The summed E-state index contributed by atoms with van der Waals surface area (Å²) >= 11 is 8.96. The van der Waals surface area contributed by atoms with Gasteiger partial charge in [-0.3, -0.25) is 10.1 Å². The number of nitrogens with zero attached hydrogens (tertiary/aromatic N) is 1. The maximum atomic E-state index is 13.3. The van der Waals surface area contributed by atoms with Gasteiger partial charge in [0.15, 0.2) is 0 Å². The minimum Gasteiger partial charge on any atom is -0.258 e. The molecule has 0 bridgehead atoms. The molecule has 3 nitrogen and oxygen atoms in total. The first-order chi connectivity index (χ1) is 7.95. The first kappa shape index (κ1) is 14.4. The molecule has 0 radical (unpaired) electrons. The summed E-state index contributed by atoms with van der Waals surface area (Å²) in [5.74, 6) is -0.508. The summed E-state index contributed by atoms with van der Waals surface area (Å²) in [4.78, 5) is 10.3. The molecule has 0 aliphatic heterocycles. The average molecular weight is 325 g/mol. The van der Waals surface area contributed by atoms with Crippen molar-refractivity contribution in [2.75, 3.05) is 0 Å². The van der Waals surface area contributed by atoms with Gasteiger partial charge in [-0.25, -0.2) is 4.39 Å². The Kier molecular flexibility index (Phi) is 5.33. The van der Waals surface area contributed by atoms with Crippen LogP contribution in [-0.2, 0) is 6.42 Å². The van der Waals surface area contributed by atoms with Crippen molar-refractivity contribution in [1.82, 2.24) is 0 Å². The Hall–Kier alpha value is -0.680. The third kappa shape index (κ3) is 3.92. The zero-order chi connectivity index (χ0) is 13.0. The second kappa shape index (κ2) is 6.31. The molecule has 0 fully saturated rings. The topological polar surface area (TPSA) is 43.1 Å². The van der Waals surface area contributed by atoms with Crippen molar-refractivity contribution >= 4 is 33.2 Å². The van der Waals surface area contributed by atoms with E-state index in [2.05, 4.69) is 15.9 Å². The lowest BCUT2D eigenvalue weighted by Gasteiger charge is -2.09. The van der Waals surface area contributed by atoms with E-state index in [0.29, 0.717) is 12.0 Å². The Morgan fingerprint density at radius 3 is 2.76 bits per heavy atom. The van der Waals surface area contributed by atoms with Crippen LogP contribution in [0.25, 0.3) is 0 Å². The first-order valence-electron chi connectivity index (χ1n) is 5.22. The van der Waals surface area contributed by atoms with Crippen LogP contribution in [0, 0.1) is 15.9 Å². The van der Waals surface area contributed by atoms with Gasteiger partial charge >= 0.3 is 0 Å². The largest absolute Gasteiger partial charge is 0.273 e. The minimum absolute atomic E-state index is 0.0922. The van der Waals surface area contributed by atoms with Gasteiger partial charge in [0.05, 0.1) is 9.40 Å². The Labute approximate surface area is 112 Å². The minimum atomic E-state index is -0.519. The lowest BCUT2D eigenvalue weighted by molar-refractivity contribution is -0.385. The normalized spacial score (nSPS) is 12.5. The fraction of sp³-hybridized carbons (Fsp3) is 0.455. The Bertz CT molecular complexity index is 428. The number of rotatable bonds is 5. The van der Waals surface area contributed by atoms with Gasteiger partial charge < -0.3 is 0 Å². The van der Waals surface area contributed by atoms with Crippen molar-refractivity contribution in [2.24, 2.45) is 0 Å². The SMILES string of the molecule is CCCC(Cl)Cc1cc(F)c(Br)cc1[N+](=O)[O-]. The molecular weight excluding hydrogens is 312 g/mol. The number of hydrogen-bond donors (Lipinski definition) is 0. The number of alkyl halides is 1. The molecule has 1 aromatic carbocycles. The number of nitro benzene ring substituents is 1. The molecule has 1 unspecified atom stereocenters. The molecule has 0 saturated carbocycles. The zero-order valence-corrected chi connectivity index (χ0v) is 11.6. The van der Waals surface area contributed by atoms with E-state index in [4.69, 9.17) is 11.6 Å². The quantitative estimate of drug-likeness (QED) is 0.456. The molecule has 94 valence electrons. The van der Waals surface area contributed by atoms with E-state index < -0.39 is 10.7 Å². The summed E-state index contributed by atoms with van der Waals surface area (Å²) in [5, 5.41) is 10.6. The van der Waals surface area contributed by atoms with Crippen molar-refractivity contribution in [1.29, 1.82) is 0 Å². The molecule has 0 aliphatic rings. The van der Waals surface area contributed by atoms with Crippen LogP contribution in [0.3, 0.4) is 0 Å². The van der Waals surface area contributed by atoms with Crippen LogP contribution in [0.1, 0.15) is 25.3 Å². The van der Waals surface area contributed by atoms with Crippen LogP contribution in [0.4, 0.5) is 10.1 Å². The smallest absolute Gasteiger partial charge is 0.258 e. The molecule has 1 aromatic rings. The molecule has 0 aliphatic carbocycles. The molecule has 0 saturated heterocycles. The van der Waals surface area contributed by atoms with Gasteiger partial charge in [0.25, 0.3) is 5.69 Å². The van der Waals surface area contributed by atoms with Crippen LogP contribution < -0.4 is 0 Å². The molecular formula is C11H12BrClFNO2. The Balaban J connectivity index is 3.04. The number of nitro groups is 1. The van der Waals surface area contributed by atoms with E-state index in [9.17, 15) is 14.5 Å². The molecule has 17 heavy (non-hydrogen) atoms. The highest BCUT2D eigenvalue weighted by Gasteiger charge is 2.19. The predicted octanol–water partition coefficient (Wildman–Crippen LogP) is 4.45. The highest BCUT2D eigenvalue weighted by Crippen LogP contribution is 2.28. The van der Waals surface area contributed by atoms with Crippen molar-refractivity contribution < 1.29 is 9.31 Å². The average Bonchev–Trinajstić information content (AvgIpc) is 2.23. The third-order valence-corrected chi connectivity index (χ3v) is 3.34. The van der Waals surface area contributed by atoms with Gasteiger partial charge in [0, 0.05) is 17.0 Å². The van der Waals surface area contributed by atoms with Crippen molar-refractivity contribution in [3.63, 3.8) is 0 Å². The van der Waals surface area contributed by atoms with Gasteiger partial charge in [0.2, 0.25) is 0 Å². The van der Waals surface area contributed by atoms with Gasteiger partial charge in [0.1, 0.15) is 5.82 Å². The molecule has 0 N–H and O–H groups in total. The highest BCUT2D eigenvalue weighted by atomic mass is 79.9. The summed E-state index contributed by atoms with van der Waals surface area (Å²) in [5.41, 5.74) is 0.240. The highest BCUT2D eigenvalue weighted by molar-refractivity contribution is 9.10. The second-order valence-corrected chi connectivity index (χ2v) is 5.21. The van der Waals surface area contributed by atoms with E-state index in [1.165, 1.54) is 12.1 Å². The lowest BCUT2D eigenvalue weighted by atomic mass is 10.0. The molecule has 0 aromatic heterocycles. The van der Waals surface area contributed by atoms with Crippen LogP contribution in [0.2, 0.25) is 0 Å². The van der Waals surface area contributed by atoms with Crippen LogP contribution in [-0.4, -0.2) is 10.3 Å². The predicted molar refractivity (Wildman–Crippen MR) is 69.0 cm³/mol. The summed E-state index contributed by atoms with van der Waals surface area (Å²) < 4.78 is 13.4. The number of benzene rings is 1. The molecule has 0 spiro atoms. The van der Waals surface area contributed by atoms with E-state index in [1.807, 2.05) is 6.92 Å². The monoisotopic (exact) mass is 323 g/mol. The molecule has 6 heteroatoms.